The average Bonchev–Trinajstić information content (AvgIpc) is 3.32. The summed E-state index contributed by atoms with van der Waals surface area (Å²) in [5.74, 6) is 2.17. The summed E-state index contributed by atoms with van der Waals surface area (Å²) in [6, 6.07) is 2.10. The molecular formula is C16H17N5O2S. The molecule has 0 radical (unpaired) electrons. The maximum atomic E-state index is 12.1. The lowest BCUT2D eigenvalue weighted by atomic mass is 10.1. The van der Waals surface area contributed by atoms with E-state index in [4.69, 9.17) is 4.52 Å². The fourth-order valence-corrected chi connectivity index (χ4v) is 3.50. The molecule has 1 aliphatic rings. The highest BCUT2D eigenvalue weighted by atomic mass is 32.1. The molecule has 0 saturated heterocycles. The highest BCUT2D eigenvalue weighted by molar-refractivity contribution is 7.08. The van der Waals surface area contributed by atoms with Crippen molar-refractivity contribution in [3.63, 3.8) is 0 Å². The smallest absolute Gasteiger partial charge is 0.227 e. The summed E-state index contributed by atoms with van der Waals surface area (Å²) in [5.41, 5.74) is 0.942. The minimum atomic E-state index is 0.0128. The molecule has 0 spiro atoms. The average molecular weight is 343 g/mol. The van der Waals surface area contributed by atoms with Crippen LogP contribution in [0.5, 0.6) is 0 Å². The summed E-state index contributed by atoms with van der Waals surface area (Å²) in [7, 11) is 0. The molecular weight excluding hydrogens is 326 g/mol. The first kappa shape index (κ1) is 15.1. The van der Waals surface area contributed by atoms with E-state index in [0.717, 1.165) is 30.8 Å². The molecule has 3 aromatic heterocycles. The minimum Gasteiger partial charge on any atom is -0.352 e. The van der Waals surface area contributed by atoms with E-state index in [9.17, 15) is 4.79 Å². The normalized spacial score (nSPS) is 16.8. The standard InChI is InChI=1S/C16H17N5O2S/c22-14(18-12-1-2-13-17-6-7-21(13)9-12)3-4-15-19-16(20-23-15)11-5-8-24-10-11/h5-8,10,12H,1-4,9H2,(H,18,22)/t12-/m0/s1. The van der Waals surface area contributed by atoms with Gasteiger partial charge in [-0.15, -0.1) is 0 Å². The maximum Gasteiger partial charge on any atom is 0.227 e. The number of aryl methyl sites for hydroxylation is 2. The number of hydrogen-bond donors (Lipinski definition) is 1. The molecule has 0 fully saturated rings. The van der Waals surface area contributed by atoms with Gasteiger partial charge in [-0.3, -0.25) is 4.79 Å². The third-order valence-electron chi connectivity index (χ3n) is 4.11. The second-order valence-electron chi connectivity index (χ2n) is 5.82. The van der Waals surface area contributed by atoms with Crippen LogP contribution in [0.2, 0.25) is 0 Å². The fraction of sp³-hybridized carbons (Fsp3) is 0.375. The van der Waals surface area contributed by atoms with Crippen LogP contribution >= 0.6 is 11.3 Å². The van der Waals surface area contributed by atoms with Gasteiger partial charge in [0.15, 0.2) is 0 Å². The zero-order valence-electron chi connectivity index (χ0n) is 13.0. The highest BCUT2D eigenvalue weighted by Crippen LogP contribution is 2.19. The molecule has 24 heavy (non-hydrogen) atoms. The molecule has 4 rings (SSSR count). The zero-order chi connectivity index (χ0) is 16.4. The Balaban J connectivity index is 1.28. The van der Waals surface area contributed by atoms with Gasteiger partial charge in [-0.1, -0.05) is 5.16 Å². The summed E-state index contributed by atoms with van der Waals surface area (Å²) in [5, 5.41) is 11.0. The maximum absolute atomic E-state index is 12.1. The highest BCUT2D eigenvalue weighted by Gasteiger charge is 2.20. The lowest BCUT2D eigenvalue weighted by Gasteiger charge is -2.24. The third kappa shape index (κ3) is 3.23. The van der Waals surface area contributed by atoms with Crippen LogP contribution < -0.4 is 5.32 Å². The molecule has 0 unspecified atom stereocenters. The van der Waals surface area contributed by atoms with Gasteiger partial charge in [-0.2, -0.15) is 16.3 Å². The Hall–Kier alpha value is -2.48. The van der Waals surface area contributed by atoms with Crippen LogP contribution in [-0.4, -0.2) is 31.6 Å². The molecule has 4 heterocycles. The molecule has 7 nitrogen and oxygen atoms in total. The number of imidazole rings is 1. The second kappa shape index (κ2) is 6.56. The van der Waals surface area contributed by atoms with Gasteiger partial charge in [-0.05, 0) is 17.9 Å². The van der Waals surface area contributed by atoms with E-state index in [-0.39, 0.29) is 11.9 Å². The largest absolute Gasteiger partial charge is 0.352 e. The van der Waals surface area contributed by atoms with Crippen LogP contribution in [0.1, 0.15) is 24.6 Å². The number of thiophene rings is 1. The summed E-state index contributed by atoms with van der Waals surface area (Å²) >= 11 is 1.58. The Labute approximate surface area is 142 Å². The Bertz CT molecular complexity index is 823. The van der Waals surface area contributed by atoms with Gasteiger partial charge >= 0.3 is 0 Å². The van der Waals surface area contributed by atoms with Crippen molar-refractivity contribution in [3.05, 3.63) is 40.9 Å². The first-order chi connectivity index (χ1) is 11.8. The topological polar surface area (TPSA) is 85.8 Å². The van der Waals surface area contributed by atoms with Gasteiger partial charge in [0, 0.05) is 55.2 Å². The molecule has 1 atom stereocenters. The van der Waals surface area contributed by atoms with E-state index >= 15 is 0 Å². The van der Waals surface area contributed by atoms with E-state index in [1.165, 1.54) is 0 Å². The Kier molecular flexibility index (Phi) is 4.12. The van der Waals surface area contributed by atoms with Crippen LogP contribution in [0.25, 0.3) is 11.4 Å². The van der Waals surface area contributed by atoms with Crippen LogP contribution in [0.15, 0.2) is 33.7 Å². The first-order valence-corrected chi connectivity index (χ1v) is 8.87. The van der Waals surface area contributed by atoms with Gasteiger partial charge in [-0.25, -0.2) is 4.98 Å². The lowest BCUT2D eigenvalue weighted by Crippen LogP contribution is -2.41. The summed E-state index contributed by atoms with van der Waals surface area (Å²) in [6.07, 6.45) is 6.38. The summed E-state index contributed by atoms with van der Waals surface area (Å²) in [6.45, 7) is 0.782. The Morgan fingerprint density at radius 2 is 2.46 bits per heavy atom. The van der Waals surface area contributed by atoms with Gasteiger partial charge in [0.2, 0.25) is 17.6 Å². The van der Waals surface area contributed by atoms with Gasteiger partial charge < -0.3 is 14.4 Å². The molecule has 8 heteroatoms. The molecule has 0 aromatic carbocycles. The number of amides is 1. The van der Waals surface area contributed by atoms with Crippen molar-refractivity contribution in [2.45, 2.75) is 38.3 Å². The monoisotopic (exact) mass is 343 g/mol. The quantitative estimate of drug-likeness (QED) is 0.766. The lowest BCUT2D eigenvalue weighted by molar-refractivity contribution is -0.122. The third-order valence-corrected chi connectivity index (χ3v) is 4.80. The van der Waals surface area contributed by atoms with E-state index in [2.05, 4.69) is 25.0 Å². The molecule has 1 aliphatic heterocycles. The molecule has 1 N–H and O–H groups in total. The zero-order valence-corrected chi connectivity index (χ0v) is 13.8. The number of fused-ring (bicyclic) bond motifs is 1. The van der Waals surface area contributed by atoms with Crippen LogP contribution in [0, 0.1) is 0 Å². The SMILES string of the molecule is O=C(CCc1nc(-c2ccsc2)no1)N[C@H]1CCc2nccn2C1. The number of aromatic nitrogens is 4. The van der Waals surface area contributed by atoms with E-state index in [1.807, 2.05) is 23.0 Å². The summed E-state index contributed by atoms with van der Waals surface area (Å²) < 4.78 is 7.31. The Morgan fingerprint density at radius 1 is 1.50 bits per heavy atom. The van der Waals surface area contributed by atoms with Gasteiger partial charge in [0.25, 0.3) is 0 Å². The van der Waals surface area contributed by atoms with Crippen molar-refractivity contribution >= 4 is 17.2 Å². The van der Waals surface area contributed by atoms with Crippen molar-refractivity contribution in [1.29, 1.82) is 0 Å². The fourth-order valence-electron chi connectivity index (χ4n) is 2.87. The number of carbonyl (C=O) groups is 1. The van der Waals surface area contributed by atoms with Crippen molar-refractivity contribution in [2.75, 3.05) is 0 Å². The van der Waals surface area contributed by atoms with E-state index in [0.29, 0.717) is 24.6 Å². The first-order valence-electron chi connectivity index (χ1n) is 7.92. The minimum absolute atomic E-state index is 0.0128. The number of rotatable bonds is 5. The number of hydrogen-bond acceptors (Lipinski definition) is 6. The van der Waals surface area contributed by atoms with Crippen molar-refractivity contribution in [3.8, 4) is 11.4 Å². The van der Waals surface area contributed by atoms with Crippen molar-refractivity contribution < 1.29 is 9.32 Å². The van der Waals surface area contributed by atoms with Gasteiger partial charge in [0.05, 0.1) is 0 Å². The Morgan fingerprint density at radius 3 is 3.33 bits per heavy atom. The van der Waals surface area contributed by atoms with E-state index in [1.54, 1.807) is 17.5 Å². The molecule has 124 valence electrons. The van der Waals surface area contributed by atoms with E-state index < -0.39 is 0 Å². The van der Waals surface area contributed by atoms with Crippen LogP contribution in [-0.2, 0) is 24.2 Å². The molecule has 0 aliphatic carbocycles. The summed E-state index contributed by atoms with van der Waals surface area (Å²) in [4.78, 5) is 20.8. The van der Waals surface area contributed by atoms with Crippen molar-refractivity contribution in [2.24, 2.45) is 0 Å². The number of nitrogens with zero attached hydrogens (tertiary/aromatic N) is 4. The van der Waals surface area contributed by atoms with Crippen molar-refractivity contribution in [1.82, 2.24) is 25.0 Å². The molecule has 3 aromatic rings. The number of nitrogens with one attached hydrogen (secondary N) is 1. The predicted molar refractivity (Wildman–Crippen MR) is 88.4 cm³/mol. The molecule has 0 bridgehead atoms. The second-order valence-corrected chi connectivity index (χ2v) is 6.60. The van der Waals surface area contributed by atoms with Crippen LogP contribution in [0.4, 0.5) is 0 Å². The van der Waals surface area contributed by atoms with Gasteiger partial charge in [0.1, 0.15) is 5.82 Å². The molecule has 1 amide bonds. The predicted octanol–water partition coefficient (Wildman–Crippen LogP) is 2.06. The molecule has 0 saturated carbocycles. The van der Waals surface area contributed by atoms with Crippen LogP contribution in [0.3, 0.4) is 0 Å². The number of carbonyl (C=O) groups excluding carboxylic acids is 1.